The summed E-state index contributed by atoms with van der Waals surface area (Å²) in [6, 6.07) is 2.84. The third-order valence-corrected chi connectivity index (χ3v) is 2.20. The fraction of sp³-hybridized carbons (Fsp3) is 0.400. The van der Waals surface area contributed by atoms with E-state index in [1.165, 1.54) is 6.07 Å². The molecule has 0 aliphatic rings. The Morgan fingerprint density at radius 3 is 2.47 bits per heavy atom. The highest BCUT2D eigenvalue weighted by atomic mass is 19.4. The molecule has 0 bridgehead atoms. The molecule has 0 heterocycles. The molecule has 3 N–H and O–H groups in total. The molecule has 0 saturated heterocycles. The number of benzene rings is 1. The summed E-state index contributed by atoms with van der Waals surface area (Å²) in [7, 11) is 0. The first kappa shape index (κ1) is 12.0. The highest BCUT2D eigenvalue weighted by Gasteiger charge is 2.34. The highest BCUT2D eigenvalue weighted by molar-refractivity contribution is 5.38. The molecule has 84 valence electrons. The largest absolute Gasteiger partial charge is 0.416 e. The molecule has 0 radical (unpaired) electrons. The van der Waals surface area contributed by atoms with Crippen LogP contribution in [0.15, 0.2) is 18.2 Å². The summed E-state index contributed by atoms with van der Waals surface area (Å²) in [5, 5.41) is 8.81. The Morgan fingerprint density at radius 2 is 2.00 bits per heavy atom. The fourth-order valence-electron chi connectivity index (χ4n) is 1.51. The lowest BCUT2D eigenvalue weighted by Crippen LogP contribution is -2.21. The Morgan fingerprint density at radius 1 is 1.40 bits per heavy atom. The molecule has 15 heavy (non-hydrogen) atoms. The quantitative estimate of drug-likeness (QED) is 0.799. The molecule has 0 spiro atoms. The molecule has 0 aliphatic carbocycles. The van der Waals surface area contributed by atoms with Crippen LogP contribution in [0.4, 0.5) is 13.2 Å². The Balaban J connectivity index is 3.33. The number of hydrogen-bond acceptors (Lipinski definition) is 2. The Labute approximate surface area is 85.5 Å². The Bertz CT molecular complexity index is 349. The number of nitrogens with two attached hydrogens (primary N) is 1. The summed E-state index contributed by atoms with van der Waals surface area (Å²) in [4.78, 5) is 0. The predicted octanol–water partition coefficient (Wildman–Crippen LogP) is 2.01. The molecule has 0 amide bonds. The second-order valence-electron chi connectivity index (χ2n) is 3.32. The van der Waals surface area contributed by atoms with E-state index in [0.717, 1.165) is 6.07 Å². The van der Waals surface area contributed by atoms with Crippen molar-refractivity contribution in [2.75, 3.05) is 6.61 Å². The van der Waals surface area contributed by atoms with Crippen LogP contribution in [-0.4, -0.2) is 11.7 Å². The number of rotatable bonds is 2. The van der Waals surface area contributed by atoms with Crippen LogP contribution in [0.3, 0.4) is 0 Å². The van der Waals surface area contributed by atoms with Gasteiger partial charge in [-0.25, -0.2) is 0 Å². The fourth-order valence-corrected chi connectivity index (χ4v) is 1.51. The third-order valence-electron chi connectivity index (χ3n) is 2.20. The van der Waals surface area contributed by atoms with Crippen molar-refractivity contribution in [2.45, 2.75) is 19.1 Å². The summed E-state index contributed by atoms with van der Waals surface area (Å²) >= 11 is 0. The lowest BCUT2D eigenvalue weighted by Gasteiger charge is -2.18. The van der Waals surface area contributed by atoms with E-state index in [4.69, 9.17) is 10.8 Å². The molecule has 0 aliphatic heterocycles. The van der Waals surface area contributed by atoms with Crippen molar-refractivity contribution < 1.29 is 18.3 Å². The van der Waals surface area contributed by atoms with Gasteiger partial charge in [-0.15, -0.1) is 0 Å². The zero-order valence-electron chi connectivity index (χ0n) is 8.17. The zero-order valence-corrected chi connectivity index (χ0v) is 8.17. The number of aryl methyl sites for hydroxylation is 1. The van der Waals surface area contributed by atoms with E-state index >= 15 is 0 Å². The number of alkyl halides is 3. The van der Waals surface area contributed by atoms with Gasteiger partial charge in [0.05, 0.1) is 18.2 Å². The van der Waals surface area contributed by atoms with Gasteiger partial charge in [0.15, 0.2) is 0 Å². The molecule has 0 aromatic heterocycles. The van der Waals surface area contributed by atoms with Gasteiger partial charge in [-0.1, -0.05) is 12.1 Å². The lowest BCUT2D eigenvalue weighted by atomic mass is 9.96. The smallest absolute Gasteiger partial charge is 0.394 e. The van der Waals surface area contributed by atoms with E-state index in [1.54, 1.807) is 13.0 Å². The van der Waals surface area contributed by atoms with Gasteiger partial charge in [0.25, 0.3) is 0 Å². The van der Waals surface area contributed by atoms with Gasteiger partial charge in [0.1, 0.15) is 0 Å². The van der Waals surface area contributed by atoms with Crippen molar-refractivity contribution in [3.8, 4) is 0 Å². The van der Waals surface area contributed by atoms with Crippen molar-refractivity contribution in [3.05, 3.63) is 34.9 Å². The lowest BCUT2D eigenvalue weighted by molar-refractivity contribution is -0.138. The zero-order chi connectivity index (χ0) is 11.6. The van der Waals surface area contributed by atoms with Crippen molar-refractivity contribution in [1.82, 2.24) is 0 Å². The van der Waals surface area contributed by atoms with Crippen LogP contribution in [0.5, 0.6) is 0 Å². The molecular weight excluding hydrogens is 207 g/mol. The SMILES string of the molecule is Cc1cccc(C(F)(F)F)c1C(N)CO. The van der Waals surface area contributed by atoms with E-state index < -0.39 is 24.4 Å². The third kappa shape index (κ3) is 2.49. The molecule has 1 rings (SSSR count). The average molecular weight is 219 g/mol. The minimum atomic E-state index is -4.44. The predicted molar refractivity (Wildman–Crippen MR) is 50.2 cm³/mol. The van der Waals surface area contributed by atoms with Crippen LogP contribution in [0.2, 0.25) is 0 Å². The molecule has 1 unspecified atom stereocenters. The Hall–Kier alpha value is -1.07. The number of halogens is 3. The van der Waals surface area contributed by atoms with Gasteiger partial charge < -0.3 is 10.8 Å². The molecule has 1 aromatic rings. The topological polar surface area (TPSA) is 46.2 Å². The number of aliphatic hydroxyl groups excluding tert-OH is 1. The van der Waals surface area contributed by atoms with Gasteiger partial charge in [-0.05, 0) is 24.1 Å². The normalized spacial score (nSPS) is 14.0. The van der Waals surface area contributed by atoms with E-state index in [1.807, 2.05) is 0 Å². The average Bonchev–Trinajstić information content (AvgIpc) is 2.15. The second kappa shape index (κ2) is 4.20. The summed E-state index contributed by atoms with van der Waals surface area (Å²) in [6.45, 7) is 1.04. The summed E-state index contributed by atoms with van der Waals surface area (Å²) in [5.41, 5.74) is 5.07. The van der Waals surface area contributed by atoms with Gasteiger partial charge in [-0.2, -0.15) is 13.2 Å². The van der Waals surface area contributed by atoms with Crippen LogP contribution in [0.25, 0.3) is 0 Å². The maximum Gasteiger partial charge on any atom is 0.416 e. The monoisotopic (exact) mass is 219 g/mol. The van der Waals surface area contributed by atoms with E-state index in [2.05, 4.69) is 0 Å². The van der Waals surface area contributed by atoms with Crippen LogP contribution >= 0.6 is 0 Å². The summed E-state index contributed by atoms with van der Waals surface area (Å²) in [6.07, 6.45) is -4.44. The maximum atomic E-state index is 12.6. The van der Waals surface area contributed by atoms with E-state index in [9.17, 15) is 13.2 Å². The minimum absolute atomic E-state index is 0.0347. The molecule has 1 aromatic carbocycles. The van der Waals surface area contributed by atoms with Crippen molar-refractivity contribution in [3.63, 3.8) is 0 Å². The van der Waals surface area contributed by atoms with Gasteiger partial charge >= 0.3 is 6.18 Å². The van der Waals surface area contributed by atoms with Crippen molar-refractivity contribution >= 4 is 0 Å². The minimum Gasteiger partial charge on any atom is -0.394 e. The number of aliphatic hydroxyl groups is 1. The number of hydrogen-bond donors (Lipinski definition) is 2. The molecule has 0 fully saturated rings. The first-order chi connectivity index (χ1) is 6.88. The van der Waals surface area contributed by atoms with Gasteiger partial charge in [0, 0.05) is 0 Å². The first-order valence-corrected chi connectivity index (χ1v) is 4.41. The summed E-state index contributed by atoms with van der Waals surface area (Å²) in [5.74, 6) is 0. The molecule has 0 saturated carbocycles. The van der Waals surface area contributed by atoms with Crippen LogP contribution in [0, 0.1) is 6.92 Å². The van der Waals surface area contributed by atoms with E-state index in [0.29, 0.717) is 5.56 Å². The summed E-state index contributed by atoms with van der Waals surface area (Å²) < 4.78 is 37.8. The van der Waals surface area contributed by atoms with Crippen molar-refractivity contribution in [2.24, 2.45) is 5.73 Å². The molecular formula is C10H12F3NO. The van der Waals surface area contributed by atoms with Gasteiger partial charge in [0.2, 0.25) is 0 Å². The standard InChI is InChI=1S/C10H12F3NO/c1-6-3-2-4-7(10(11,12)13)9(6)8(14)5-15/h2-4,8,15H,5,14H2,1H3. The van der Waals surface area contributed by atoms with E-state index in [-0.39, 0.29) is 5.56 Å². The highest BCUT2D eigenvalue weighted by Crippen LogP contribution is 2.35. The Kier molecular flexibility index (Phi) is 3.36. The second-order valence-corrected chi connectivity index (χ2v) is 3.32. The molecule has 1 atom stereocenters. The van der Waals surface area contributed by atoms with Crippen LogP contribution in [0.1, 0.15) is 22.7 Å². The van der Waals surface area contributed by atoms with Gasteiger partial charge in [-0.3, -0.25) is 0 Å². The maximum absolute atomic E-state index is 12.6. The molecule has 5 heteroatoms. The van der Waals surface area contributed by atoms with Crippen molar-refractivity contribution in [1.29, 1.82) is 0 Å². The van der Waals surface area contributed by atoms with Crippen LogP contribution in [-0.2, 0) is 6.18 Å². The van der Waals surface area contributed by atoms with Crippen LogP contribution < -0.4 is 5.73 Å². The molecule has 2 nitrogen and oxygen atoms in total. The first-order valence-electron chi connectivity index (χ1n) is 4.41.